The number of anilines is 1. The average molecular weight is 322 g/mol. The SMILES string of the molecule is COC(=O)c1sccc1NC(=O)c1cn(C)c(=O)cc1OC. The van der Waals surface area contributed by atoms with E-state index in [0.717, 1.165) is 11.3 Å². The van der Waals surface area contributed by atoms with Crippen LogP contribution in [0.2, 0.25) is 0 Å². The summed E-state index contributed by atoms with van der Waals surface area (Å²) >= 11 is 1.16. The van der Waals surface area contributed by atoms with Gasteiger partial charge in [0.2, 0.25) is 0 Å². The van der Waals surface area contributed by atoms with E-state index in [1.807, 2.05) is 0 Å². The molecule has 0 aromatic carbocycles. The van der Waals surface area contributed by atoms with E-state index in [4.69, 9.17) is 4.74 Å². The molecule has 0 atom stereocenters. The van der Waals surface area contributed by atoms with Crippen molar-refractivity contribution in [1.82, 2.24) is 4.57 Å². The third-order valence-electron chi connectivity index (χ3n) is 2.94. The summed E-state index contributed by atoms with van der Waals surface area (Å²) < 4.78 is 11.0. The summed E-state index contributed by atoms with van der Waals surface area (Å²) in [7, 11) is 4.17. The first-order valence-corrected chi connectivity index (χ1v) is 7.07. The fourth-order valence-electron chi connectivity index (χ4n) is 1.80. The first-order chi connectivity index (χ1) is 10.5. The quantitative estimate of drug-likeness (QED) is 0.862. The van der Waals surface area contributed by atoms with Crippen LogP contribution in [0.5, 0.6) is 5.75 Å². The first kappa shape index (κ1) is 15.8. The lowest BCUT2D eigenvalue weighted by molar-refractivity contribution is 0.0607. The molecule has 0 radical (unpaired) electrons. The Bertz CT molecular complexity index is 778. The monoisotopic (exact) mass is 322 g/mol. The third-order valence-corrected chi connectivity index (χ3v) is 3.83. The summed E-state index contributed by atoms with van der Waals surface area (Å²) in [5.74, 6) is -0.857. The average Bonchev–Trinajstić information content (AvgIpc) is 2.96. The van der Waals surface area contributed by atoms with Gasteiger partial charge in [0.05, 0.1) is 25.5 Å². The summed E-state index contributed by atoms with van der Waals surface area (Å²) in [6.07, 6.45) is 1.38. The maximum atomic E-state index is 12.4. The molecular weight excluding hydrogens is 308 g/mol. The number of thiophene rings is 1. The molecule has 1 amide bonds. The summed E-state index contributed by atoms with van der Waals surface area (Å²) in [6, 6.07) is 2.83. The Labute approximate surface area is 130 Å². The van der Waals surface area contributed by atoms with Crippen molar-refractivity contribution in [3.63, 3.8) is 0 Å². The lowest BCUT2D eigenvalue weighted by Crippen LogP contribution is -2.21. The maximum Gasteiger partial charge on any atom is 0.350 e. The van der Waals surface area contributed by atoms with Crippen LogP contribution in [0.3, 0.4) is 0 Å². The van der Waals surface area contributed by atoms with E-state index in [2.05, 4.69) is 10.1 Å². The number of carbonyl (C=O) groups is 2. The van der Waals surface area contributed by atoms with Gasteiger partial charge in [-0.1, -0.05) is 0 Å². The van der Waals surface area contributed by atoms with Crippen molar-refractivity contribution in [2.45, 2.75) is 0 Å². The van der Waals surface area contributed by atoms with Crippen LogP contribution in [0.15, 0.2) is 28.5 Å². The number of ether oxygens (including phenoxy) is 2. The molecule has 0 spiro atoms. The van der Waals surface area contributed by atoms with E-state index >= 15 is 0 Å². The Morgan fingerprint density at radius 3 is 2.68 bits per heavy atom. The predicted molar refractivity (Wildman–Crippen MR) is 81.8 cm³/mol. The number of methoxy groups -OCH3 is 2. The number of nitrogens with zero attached hydrogens (tertiary/aromatic N) is 1. The van der Waals surface area contributed by atoms with Crippen molar-refractivity contribution >= 4 is 28.9 Å². The van der Waals surface area contributed by atoms with Gasteiger partial charge in [0.25, 0.3) is 11.5 Å². The molecule has 0 aliphatic heterocycles. The second-order valence-corrected chi connectivity index (χ2v) is 5.23. The minimum absolute atomic E-state index is 0.162. The zero-order valence-electron chi connectivity index (χ0n) is 12.2. The van der Waals surface area contributed by atoms with E-state index in [1.165, 1.54) is 38.1 Å². The van der Waals surface area contributed by atoms with Crippen molar-refractivity contribution in [2.75, 3.05) is 19.5 Å². The van der Waals surface area contributed by atoms with Gasteiger partial charge in [0, 0.05) is 19.3 Å². The number of hydrogen-bond acceptors (Lipinski definition) is 6. The highest BCUT2D eigenvalue weighted by molar-refractivity contribution is 7.12. The molecule has 0 saturated heterocycles. The normalized spacial score (nSPS) is 10.1. The summed E-state index contributed by atoms with van der Waals surface area (Å²) in [5, 5.41) is 4.29. The molecule has 0 fully saturated rings. The standard InChI is InChI=1S/C14H14N2O5S/c1-16-7-8(10(20-2)6-11(16)17)13(18)15-9-4-5-22-12(9)14(19)21-3/h4-7H,1-3H3,(H,15,18). The Balaban J connectivity index is 2.34. The minimum Gasteiger partial charge on any atom is -0.496 e. The van der Waals surface area contributed by atoms with Crippen molar-refractivity contribution in [3.05, 3.63) is 44.5 Å². The molecule has 0 unspecified atom stereocenters. The summed E-state index contributed by atoms with van der Waals surface area (Å²) in [5.41, 5.74) is 0.239. The van der Waals surface area contributed by atoms with Crippen LogP contribution in [0.1, 0.15) is 20.0 Å². The zero-order valence-corrected chi connectivity index (χ0v) is 13.0. The van der Waals surface area contributed by atoms with E-state index in [1.54, 1.807) is 11.4 Å². The molecule has 22 heavy (non-hydrogen) atoms. The van der Waals surface area contributed by atoms with E-state index in [-0.39, 0.29) is 16.9 Å². The van der Waals surface area contributed by atoms with Crippen LogP contribution >= 0.6 is 11.3 Å². The highest BCUT2D eigenvalue weighted by Gasteiger charge is 2.19. The van der Waals surface area contributed by atoms with Gasteiger partial charge >= 0.3 is 5.97 Å². The molecule has 7 nitrogen and oxygen atoms in total. The number of carbonyl (C=O) groups excluding carboxylic acids is 2. The number of rotatable bonds is 4. The van der Waals surface area contributed by atoms with Gasteiger partial charge in [-0.25, -0.2) is 4.79 Å². The fourth-order valence-corrected chi connectivity index (χ4v) is 2.57. The molecule has 2 aromatic rings. The van der Waals surface area contributed by atoms with Crippen molar-refractivity contribution in [2.24, 2.45) is 7.05 Å². The molecule has 2 aromatic heterocycles. The number of amides is 1. The largest absolute Gasteiger partial charge is 0.496 e. The predicted octanol–water partition coefficient (Wildman–Crippen LogP) is 1.49. The van der Waals surface area contributed by atoms with Gasteiger partial charge < -0.3 is 19.4 Å². The molecule has 0 saturated carbocycles. The van der Waals surface area contributed by atoms with Gasteiger partial charge in [-0.15, -0.1) is 11.3 Å². The molecule has 8 heteroatoms. The Kier molecular flexibility index (Phi) is 4.62. The highest BCUT2D eigenvalue weighted by Crippen LogP contribution is 2.25. The van der Waals surface area contributed by atoms with Gasteiger partial charge in [0.1, 0.15) is 10.6 Å². The van der Waals surface area contributed by atoms with E-state index < -0.39 is 11.9 Å². The maximum absolute atomic E-state index is 12.4. The van der Waals surface area contributed by atoms with Gasteiger partial charge in [-0.05, 0) is 11.4 Å². The van der Waals surface area contributed by atoms with E-state index in [9.17, 15) is 14.4 Å². The lowest BCUT2D eigenvalue weighted by atomic mass is 10.2. The fraction of sp³-hybridized carbons (Fsp3) is 0.214. The van der Waals surface area contributed by atoms with Gasteiger partial charge in [-0.2, -0.15) is 0 Å². The molecular formula is C14H14N2O5S. The first-order valence-electron chi connectivity index (χ1n) is 6.19. The zero-order chi connectivity index (χ0) is 16.3. The van der Waals surface area contributed by atoms with Crippen molar-refractivity contribution in [1.29, 1.82) is 0 Å². The number of pyridine rings is 1. The number of hydrogen-bond donors (Lipinski definition) is 1. The van der Waals surface area contributed by atoms with Crippen LogP contribution in [0.4, 0.5) is 5.69 Å². The third kappa shape index (κ3) is 3.01. The Morgan fingerprint density at radius 1 is 1.32 bits per heavy atom. The summed E-state index contributed by atoms with van der Waals surface area (Å²) in [4.78, 5) is 35.8. The Hall–Kier alpha value is -2.61. The van der Waals surface area contributed by atoms with Crippen molar-refractivity contribution < 1.29 is 19.1 Å². The number of esters is 1. The molecule has 0 bridgehead atoms. The van der Waals surface area contributed by atoms with E-state index in [0.29, 0.717) is 10.6 Å². The molecule has 2 rings (SSSR count). The Morgan fingerprint density at radius 2 is 2.05 bits per heavy atom. The van der Waals surface area contributed by atoms with Crippen LogP contribution in [0.25, 0.3) is 0 Å². The van der Waals surface area contributed by atoms with Crippen LogP contribution in [-0.2, 0) is 11.8 Å². The van der Waals surface area contributed by atoms with Crippen LogP contribution in [0, 0.1) is 0 Å². The molecule has 2 heterocycles. The minimum atomic E-state index is -0.530. The van der Waals surface area contributed by atoms with Crippen molar-refractivity contribution in [3.8, 4) is 5.75 Å². The smallest absolute Gasteiger partial charge is 0.350 e. The number of aryl methyl sites for hydroxylation is 1. The van der Waals surface area contributed by atoms with Gasteiger partial charge in [-0.3, -0.25) is 9.59 Å². The molecule has 1 N–H and O–H groups in total. The second-order valence-electron chi connectivity index (χ2n) is 4.31. The molecule has 0 aliphatic carbocycles. The number of aromatic nitrogens is 1. The lowest BCUT2D eigenvalue weighted by Gasteiger charge is -2.10. The molecule has 0 aliphatic rings. The number of nitrogens with one attached hydrogen (secondary N) is 1. The summed E-state index contributed by atoms with van der Waals surface area (Å²) in [6.45, 7) is 0. The van der Waals surface area contributed by atoms with Gasteiger partial charge in [0.15, 0.2) is 0 Å². The second kappa shape index (κ2) is 6.44. The molecule has 116 valence electrons. The van der Waals surface area contributed by atoms with Crippen LogP contribution in [-0.4, -0.2) is 30.7 Å². The van der Waals surface area contributed by atoms with Crippen LogP contribution < -0.4 is 15.6 Å². The topological polar surface area (TPSA) is 86.6 Å². The highest BCUT2D eigenvalue weighted by atomic mass is 32.1.